The maximum Gasteiger partial charge on any atom is 0.338 e. The molecule has 0 aliphatic rings. The lowest BCUT2D eigenvalue weighted by molar-refractivity contribution is -0.385. The van der Waals surface area contributed by atoms with Gasteiger partial charge >= 0.3 is 11.9 Å². The zero-order valence-electron chi connectivity index (χ0n) is 16.7. The van der Waals surface area contributed by atoms with Gasteiger partial charge in [-0.05, 0) is 37.1 Å². The first-order valence-electron chi connectivity index (χ1n) is 9.71. The molecule has 0 amide bonds. The van der Waals surface area contributed by atoms with Gasteiger partial charge in [-0.15, -0.1) is 0 Å². The molecule has 2 aromatic carbocycles. The first-order chi connectivity index (χ1) is 14.9. The molecule has 0 heterocycles. The van der Waals surface area contributed by atoms with Crippen molar-refractivity contribution in [3.05, 3.63) is 79.9 Å². The van der Waals surface area contributed by atoms with Crippen LogP contribution >= 0.6 is 0 Å². The van der Waals surface area contributed by atoms with Gasteiger partial charge in [0.2, 0.25) is 0 Å². The van der Waals surface area contributed by atoms with Gasteiger partial charge in [0.05, 0.1) is 34.2 Å². The van der Waals surface area contributed by atoms with Crippen LogP contribution in [0.25, 0.3) is 0 Å². The molecule has 0 N–H and O–H groups in total. The molecular formula is C21H22N2O8. The standard InChI is InChI=1S/C21H22N2O8/c24-20(16-6-10-18(11-7-16)22(26)27)30-14-4-2-1-3-5-15-31-21(25)17-8-12-19(13-9-17)23(28)29/h6-13H,1-5,14-15H2. The molecule has 2 rings (SSSR count). The van der Waals surface area contributed by atoms with Gasteiger partial charge in [0.15, 0.2) is 0 Å². The minimum atomic E-state index is -0.536. The van der Waals surface area contributed by atoms with E-state index in [-0.39, 0.29) is 35.7 Å². The van der Waals surface area contributed by atoms with Crippen LogP contribution in [0, 0.1) is 20.2 Å². The van der Waals surface area contributed by atoms with Crippen molar-refractivity contribution >= 4 is 23.3 Å². The number of nitro benzene ring substituents is 2. The van der Waals surface area contributed by atoms with E-state index in [0.29, 0.717) is 12.8 Å². The predicted molar refractivity (Wildman–Crippen MR) is 110 cm³/mol. The molecule has 0 radical (unpaired) electrons. The summed E-state index contributed by atoms with van der Waals surface area (Å²) in [6.45, 7) is 0.510. The third-order valence-electron chi connectivity index (χ3n) is 4.38. The summed E-state index contributed by atoms with van der Waals surface area (Å²) in [5.74, 6) is -1.04. The van der Waals surface area contributed by atoms with E-state index in [1.165, 1.54) is 48.5 Å². The second-order valence-corrected chi connectivity index (χ2v) is 6.65. The lowest BCUT2D eigenvalue weighted by Gasteiger charge is -2.06. The molecule has 2 aromatic rings. The lowest BCUT2D eigenvalue weighted by atomic mass is 10.1. The highest BCUT2D eigenvalue weighted by molar-refractivity contribution is 5.90. The van der Waals surface area contributed by atoms with Crippen molar-refractivity contribution in [1.82, 2.24) is 0 Å². The number of carbonyl (C=O) groups is 2. The van der Waals surface area contributed by atoms with Gasteiger partial charge < -0.3 is 9.47 Å². The number of nitrogens with zero attached hydrogens (tertiary/aromatic N) is 2. The van der Waals surface area contributed by atoms with Crippen LogP contribution in [0.2, 0.25) is 0 Å². The second-order valence-electron chi connectivity index (χ2n) is 6.65. The Kier molecular flexibility index (Phi) is 9.09. The van der Waals surface area contributed by atoms with Crippen LogP contribution in [0.1, 0.15) is 52.8 Å². The number of unbranched alkanes of at least 4 members (excludes halogenated alkanes) is 4. The van der Waals surface area contributed by atoms with E-state index in [4.69, 9.17) is 9.47 Å². The molecule has 0 aliphatic carbocycles. The summed E-state index contributed by atoms with van der Waals surface area (Å²) in [7, 11) is 0. The Balaban J connectivity index is 1.52. The molecular weight excluding hydrogens is 408 g/mol. The maximum absolute atomic E-state index is 11.9. The van der Waals surface area contributed by atoms with Crippen molar-refractivity contribution in [3.8, 4) is 0 Å². The van der Waals surface area contributed by atoms with Gasteiger partial charge in [0.1, 0.15) is 0 Å². The second kappa shape index (κ2) is 12.0. The van der Waals surface area contributed by atoms with Crippen molar-refractivity contribution in [3.63, 3.8) is 0 Å². The molecule has 0 atom stereocenters. The SMILES string of the molecule is O=C(OCCCCCCCOC(=O)c1ccc([N+](=O)[O-])cc1)c1ccc([N+](=O)[O-])cc1. The summed E-state index contributed by atoms with van der Waals surface area (Å²) in [6.07, 6.45) is 3.92. The summed E-state index contributed by atoms with van der Waals surface area (Å²) < 4.78 is 10.3. The summed E-state index contributed by atoms with van der Waals surface area (Å²) in [5.41, 5.74) is 0.353. The number of rotatable bonds is 12. The zero-order chi connectivity index (χ0) is 22.6. The smallest absolute Gasteiger partial charge is 0.338 e. The van der Waals surface area contributed by atoms with Gasteiger partial charge in [-0.25, -0.2) is 9.59 Å². The number of benzene rings is 2. The Morgan fingerprint density at radius 3 is 1.26 bits per heavy atom. The molecule has 10 heteroatoms. The largest absolute Gasteiger partial charge is 0.462 e. The molecule has 0 saturated carbocycles. The normalized spacial score (nSPS) is 10.3. The molecule has 0 aromatic heterocycles. The van der Waals surface area contributed by atoms with Crippen molar-refractivity contribution in [2.75, 3.05) is 13.2 Å². The number of esters is 2. The van der Waals surface area contributed by atoms with Gasteiger partial charge in [-0.1, -0.05) is 19.3 Å². The molecule has 0 saturated heterocycles. The van der Waals surface area contributed by atoms with Crippen LogP contribution in [-0.2, 0) is 9.47 Å². The predicted octanol–water partition coefficient (Wildman–Crippen LogP) is 4.47. The monoisotopic (exact) mass is 430 g/mol. The van der Waals surface area contributed by atoms with Crippen LogP contribution in [0.5, 0.6) is 0 Å². The summed E-state index contributed by atoms with van der Waals surface area (Å²) in [5, 5.41) is 21.2. The Labute approximate surface area is 178 Å². The van der Waals surface area contributed by atoms with Gasteiger partial charge in [-0.3, -0.25) is 20.2 Å². The first kappa shape index (κ1) is 23.5. The van der Waals surface area contributed by atoms with Crippen molar-refractivity contribution in [2.24, 2.45) is 0 Å². The third kappa shape index (κ3) is 7.84. The number of carbonyl (C=O) groups excluding carboxylic acids is 2. The Bertz CT molecular complexity index is 834. The lowest BCUT2D eigenvalue weighted by Crippen LogP contribution is -2.07. The average molecular weight is 430 g/mol. The van der Waals surface area contributed by atoms with E-state index in [2.05, 4.69) is 0 Å². The van der Waals surface area contributed by atoms with Crippen LogP contribution in [-0.4, -0.2) is 35.0 Å². The quantitative estimate of drug-likeness (QED) is 0.208. The van der Waals surface area contributed by atoms with E-state index >= 15 is 0 Å². The minimum Gasteiger partial charge on any atom is -0.462 e. The molecule has 0 unspecified atom stereocenters. The van der Waals surface area contributed by atoms with Crippen LogP contribution in [0.3, 0.4) is 0 Å². The van der Waals surface area contributed by atoms with Crippen LogP contribution < -0.4 is 0 Å². The van der Waals surface area contributed by atoms with E-state index in [1.54, 1.807) is 0 Å². The highest BCUT2D eigenvalue weighted by Crippen LogP contribution is 2.14. The topological polar surface area (TPSA) is 139 Å². The van der Waals surface area contributed by atoms with E-state index in [1.807, 2.05) is 0 Å². The number of non-ortho nitro benzene ring substituents is 2. The summed E-state index contributed by atoms with van der Waals surface area (Å²) >= 11 is 0. The van der Waals surface area contributed by atoms with Crippen molar-refractivity contribution in [1.29, 1.82) is 0 Å². The molecule has 0 fully saturated rings. The minimum absolute atomic E-state index is 0.0880. The number of hydrogen-bond acceptors (Lipinski definition) is 8. The average Bonchev–Trinajstić information content (AvgIpc) is 2.77. The molecule has 0 spiro atoms. The maximum atomic E-state index is 11.9. The fourth-order valence-electron chi connectivity index (χ4n) is 2.67. The highest BCUT2D eigenvalue weighted by Gasteiger charge is 2.11. The Morgan fingerprint density at radius 1 is 0.613 bits per heavy atom. The number of hydrogen-bond donors (Lipinski definition) is 0. The van der Waals surface area contributed by atoms with E-state index in [9.17, 15) is 29.8 Å². The fraction of sp³-hybridized carbons (Fsp3) is 0.333. The number of ether oxygens (including phenoxy) is 2. The molecule has 10 nitrogen and oxygen atoms in total. The summed E-state index contributed by atoms with van der Waals surface area (Å²) in [6, 6.07) is 10.5. The fourth-order valence-corrected chi connectivity index (χ4v) is 2.67. The van der Waals surface area contributed by atoms with Gasteiger partial charge in [0, 0.05) is 24.3 Å². The number of nitro groups is 2. The third-order valence-corrected chi connectivity index (χ3v) is 4.38. The highest BCUT2D eigenvalue weighted by atomic mass is 16.6. The zero-order valence-corrected chi connectivity index (χ0v) is 16.7. The first-order valence-corrected chi connectivity index (χ1v) is 9.71. The van der Waals surface area contributed by atoms with E-state index in [0.717, 1.165) is 19.3 Å². The van der Waals surface area contributed by atoms with Crippen LogP contribution in [0.15, 0.2) is 48.5 Å². The van der Waals surface area contributed by atoms with Crippen molar-refractivity contribution in [2.45, 2.75) is 32.1 Å². The van der Waals surface area contributed by atoms with Crippen molar-refractivity contribution < 1.29 is 28.9 Å². The summed E-state index contributed by atoms with van der Waals surface area (Å²) in [4.78, 5) is 43.8. The van der Waals surface area contributed by atoms with Gasteiger partial charge in [-0.2, -0.15) is 0 Å². The Morgan fingerprint density at radius 2 is 0.935 bits per heavy atom. The molecule has 164 valence electrons. The Hall–Kier alpha value is -3.82. The molecule has 31 heavy (non-hydrogen) atoms. The van der Waals surface area contributed by atoms with Crippen LogP contribution in [0.4, 0.5) is 11.4 Å². The molecule has 0 aliphatic heterocycles. The molecule has 0 bridgehead atoms. The van der Waals surface area contributed by atoms with E-state index < -0.39 is 21.8 Å². The van der Waals surface area contributed by atoms with Gasteiger partial charge in [0.25, 0.3) is 11.4 Å².